The van der Waals surface area contributed by atoms with Crippen LogP contribution in [-0.2, 0) is 6.42 Å². The second kappa shape index (κ2) is 7.34. The number of benzene rings is 1. The number of nitrogens with one attached hydrogen (secondary N) is 2. The van der Waals surface area contributed by atoms with E-state index in [2.05, 4.69) is 47.3 Å². The molecule has 0 radical (unpaired) electrons. The number of urea groups is 1. The number of allylic oxidation sites excluding steroid dienone is 1. The molecule has 0 saturated heterocycles. The van der Waals surface area contributed by atoms with Crippen LogP contribution in [0, 0.1) is 5.41 Å². The maximum atomic E-state index is 11.5. The predicted octanol–water partition coefficient (Wildman–Crippen LogP) is 3.85. The molecule has 4 heteroatoms. The Hall–Kier alpha value is -1.29. The average Bonchev–Trinajstić information content (AvgIpc) is 2.30. The molecule has 2 amide bonds. The third-order valence-corrected chi connectivity index (χ3v) is 3.21. The highest BCUT2D eigenvalue weighted by molar-refractivity contribution is 9.10. The number of carbonyl (C=O) groups is 1. The molecule has 1 aromatic rings. The zero-order valence-corrected chi connectivity index (χ0v) is 13.3. The molecule has 0 aromatic heterocycles. The Bertz CT molecular complexity index is 450. The molecule has 2 N–H and O–H groups in total. The van der Waals surface area contributed by atoms with Crippen molar-refractivity contribution in [2.45, 2.75) is 27.2 Å². The molecule has 1 aromatic carbocycles. The highest BCUT2D eigenvalue weighted by Crippen LogP contribution is 2.15. The molecule has 104 valence electrons. The Balaban J connectivity index is 2.28. The first-order valence-electron chi connectivity index (χ1n) is 6.34. The van der Waals surface area contributed by atoms with Crippen LogP contribution in [0.4, 0.5) is 4.79 Å². The monoisotopic (exact) mass is 324 g/mol. The summed E-state index contributed by atoms with van der Waals surface area (Å²) in [6.07, 6.45) is 4.45. The second-order valence-corrected chi connectivity index (χ2v) is 6.30. The van der Waals surface area contributed by atoms with Gasteiger partial charge in [0.1, 0.15) is 0 Å². The summed E-state index contributed by atoms with van der Waals surface area (Å²) in [6.45, 7) is 6.85. The van der Waals surface area contributed by atoms with Gasteiger partial charge in [0.25, 0.3) is 0 Å². The summed E-state index contributed by atoms with van der Waals surface area (Å²) in [5, 5.41) is 5.52. The molecule has 0 heterocycles. The van der Waals surface area contributed by atoms with E-state index >= 15 is 0 Å². The van der Waals surface area contributed by atoms with Gasteiger partial charge in [0.15, 0.2) is 0 Å². The summed E-state index contributed by atoms with van der Waals surface area (Å²) in [7, 11) is 0. The molecular formula is C15H21BrN2O. The molecule has 0 saturated carbocycles. The fourth-order valence-electron chi connectivity index (χ4n) is 1.43. The van der Waals surface area contributed by atoms with E-state index < -0.39 is 0 Å². The van der Waals surface area contributed by atoms with Gasteiger partial charge in [-0.3, -0.25) is 0 Å². The summed E-state index contributed by atoms with van der Waals surface area (Å²) in [4.78, 5) is 11.5. The molecule has 0 spiro atoms. The minimum Gasteiger partial charge on any atom is -0.338 e. The van der Waals surface area contributed by atoms with Crippen LogP contribution >= 0.6 is 15.9 Å². The van der Waals surface area contributed by atoms with Gasteiger partial charge in [0, 0.05) is 17.2 Å². The Morgan fingerprint density at radius 1 is 1.32 bits per heavy atom. The van der Waals surface area contributed by atoms with Gasteiger partial charge in [-0.1, -0.05) is 61.0 Å². The van der Waals surface area contributed by atoms with Crippen molar-refractivity contribution in [3.05, 3.63) is 46.6 Å². The molecule has 0 atom stereocenters. The third kappa shape index (κ3) is 7.01. The normalized spacial score (nSPS) is 11.6. The predicted molar refractivity (Wildman–Crippen MR) is 83.0 cm³/mol. The molecule has 0 unspecified atom stereocenters. The van der Waals surface area contributed by atoms with Crippen molar-refractivity contribution in [3.63, 3.8) is 0 Å². The highest BCUT2D eigenvalue weighted by atomic mass is 79.9. The molecule has 0 bridgehead atoms. The van der Waals surface area contributed by atoms with Gasteiger partial charge < -0.3 is 10.6 Å². The summed E-state index contributed by atoms with van der Waals surface area (Å²) >= 11 is 3.49. The largest absolute Gasteiger partial charge is 0.338 e. The third-order valence-electron chi connectivity index (χ3n) is 2.44. The van der Waals surface area contributed by atoms with Gasteiger partial charge in [-0.05, 0) is 23.5 Å². The molecule has 0 aliphatic rings. The summed E-state index contributed by atoms with van der Waals surface area (Å²) in [5.74, 6) is 0. The van der Waals surface area contributed by atoms with E-state index in [-0.39, 0.29) is 11.4 Å². The summed E-state index contributed by atoms with van der Waals surface area (Å²) in [6, 6.07) is 7.84. The Morgan fingerprint density at radius 3 is 2.63 bits per heavy atom. The summed E-state index contributed by atoms with van der Waals surface area (Å²) < 4.78 is 1.07. The van der Waals surface area contributed by atoms with Crippen molar-refractivity contribution in [3.8, 4) is 0 Å². The number of hydrogen-bond donors (Lipinski definition) is 2. The Labute approximate surface area is 123 Å². The van der Waals surface area contributed by atoms with Gasteiger partial charge in [-0.15, -0.1) is 0 Å². The lowest BCUT2D eigenvalue weighted by Gasteiger charge is -2.11. The molecule has 1 rings (SSSR count). The van der Waals surface area contributed by atoms with E-state index in [0.29, 0.717) is 6.54 Å². The first-order valence-corrected chi connectivity index (χ1v) is 7.13. The van der Waals surface area contributed by atoms with Crippen molar-refractivity contribution in [2.75, 3.05) is 6.54 Å². The molecule has 3 nitrogen and oxygen atoms in total. The SMILES string of the molecule is CC(C)(C)/C=C/NC(=O)NCCc1ccccc1Br. The van der Waals surface area contributed by atoms with Gasteiger partial charge in [0.05, 0.1) is 0 Å². The van der Waals surface area contributed by atoms with Crippen LogP contribution in [0.1, 0.15) is 26.3 Å². The number of halogens is 1. The van der Waals surface area contributed by atoms with Crippen molar-refractivity contribution in [1.82, 2.24) is 10.6 Å². The first kappa shape index (κ1) is 15.8. The van der Waals surface area contributed by atoms with Crippen molar-refractivity contribution in [2.24, 2.45) is 5.41 Å². The Morgan fingerprint density at radius 2 is 2.00 bits per heavy atom. The highest BCUT2D eigenvalue weighted by Gasteiger charge is 2.04. The van der Waals surface area contributed by atoms with E-state index in [1.807, 2.05) is 30.3 Å². The van der Waals surface area contributed by atoms with Crippen LogP contribution in [-0.4, -0.2) is 12.6 Å². The van der Waals surface area contributed by atoms with Gasteiger partial charge in [-0.2, -0.15) is 0 Å². The van der Waals surface area contributed by atoms with Gasteiger partial charge >= 0.3 is 6.03 Å². The number of carbonyl (C=O) groups excluding carboxylic acids is 1. The van der Waals surface area contributed by atoms with Crippen molar-refractivity contribution in [1.29, 1.82) is 0 Å². The number of rotatable bonds is 4. The van der Waals surface area contributed by atoms with Crippen molar-refractivity contribution >= 4 is 22.0 Å². The quantitative estimate of drug-likeness (QED) is 0.867. The topological polar surface area (TPSA) is 41.1 Å². The minimum atomic E-state index is -0.174. The summed E-state index contributed by atoms with van der Waals surface area (Å²) in [5.41, 5.74) is 1.26. The lowest BCUT2D eigenvalue weighted by atomic mass is 9.97. The first-order chi connectivity index (χ1) is 8.88. The van der Waals surface area contributed by atoms with Crippen LogP contribution in [0.15, 0.2) is 41.0 Å². The van der Waals surface area contributed by atoms with E-state index in [1.165, 1.54) is 5.56 Å². The fourth-order valence-corrected chi connectivity index (χ4v) is 1.91. The molecule has 0 aliphatic heterocycles. The number of hydrogen-bond acceptors (Lipinski definition) is 1. The standard InChI is InChI=1S/C15H21BrN2O/c1-15(2,3)9-11-18-14(19)17-10-8-12-6-4-5-7-13(12)16/h4-7,9,11H,8,10H2,1-3H3,(H2,17,18,19)/b11-9+. The minimum absolute atomic E-state index is 0.0716. The Kier molecular flexibility index (Phi) is 6.09. The zero-order chi connectivity index (χ0) is 14.3. The average molecular weight is 325 g/mol. The molecular weight excluding hydrogens is 304 g/mol. The molecule has 19 heavy (non-hydrogen) atoms. The smallest absolute Gasteiger partial charge is 0.318 e. The fraction of sp³-hybridized carbons (Fsp3) is 0.400. The number of amides is 2. The zero-order valence-electron chi connectivity index (χ0n) is 11.7. The maximum absolute atomic E-state index is 11.5. The van der Waals surface area contributed by atoms with Crippen LogP contribution < -0.4 is 10.6 Å². The second-order valence-electron chi connectivity index (χ2n) is 5.44. The molecule has 0 aliphatic carbocycles. The van der Waals surface area contributed by atoms with Crippen molar-refractivity contribution < 1.29 is 4.79 Å². The van der Waals surface area contributed by atoms with Crippen LogP contribution in [0.3, 0.4) is 0 Å². The van der Waals surface area contributed by atoms with Crippen LogP contribution in [0.2, 0.25) is 0 Å². The van der Waals surface area contributed by atoms with E-state index in [9.17, 15) is 4.79 Å². The van der Waals surface area contributed by atoms with Gasteiger partial charge in [0.2, 0.25) is 0 Å². The van der Waals surface area contributed by atoms with E-state index in [0.717, 1.165) is 10.9 Å². The van der Waals surface area contributed by atoms with E-state index in [4.69, 9.17) is 0 Å². The van der Waals surface area contributed by atoms with Crippen LogP contribution in [0.5, 0.6) is 0 Å². The van der Waals surface area contributed by atoms with E-state index in [1.54, 1.807) is 6.20 Å². The maximum Gasteiger partial charge on any atom is 0.318 e. The van der Waals surface area contributed by atoms with Crippen LogP contribution in [0.25, 0.3) is 0 Å². The van der Waals surface area contributed by atoms with Gasteiger partial charge in [-0.25, -0.2) is 4.79 Å². The lowest BCUT2D eigenvalue weighted by molar-refractivity contribution is 0.244. The molecule has 0 fully saturated rings. The lowest BCUT2D eigenvalue weighted by Crippen LogP contribution is -2.33.